The third kappa shape index (κ3) is 2.84. The Kier molecular flexibility index (Phi) is 3.67. The molecule has 28 heavy (non-hydrogen) atoms. The number of fused-ring (bicyclic) bond motifs is 3. The van der Waals surface area contributed by atoms with Gasteiger partial charge in [0.1, 0.15) is 5.52 Å². The van der Waals surface area contributed by atoms with Crippen LogP contribution in [0.1, 0.15) is 11.4 Å². The fraction of sp³-hybridized carbons (Fsp3) is 0.133. The van der Waals surface area contributed by atoms with E-state index in [1.807, 2.05) is 0 Å². The number of pyridine rings is 1. The molecule has 3 heterocycles. The Bertz CT molecular complexity index is 1270. The van der Waals surface area contributed by atoms with Gasteiger partial charge in [-0.05, 0) is 24.3 Å². The molecule has 0 aliphatic rings. The minimum Gasteiger partial charge on any atom is -0.282 e. The van der Waals surface area contributed by atoms with E-state index in [-0.39, 0.29) is 16.7 Å². The van der Waals surface area contributed by atoms with Crippen LogP contribution in [0.4, 0.5) is 26.3 Å². The maximum Gasteiger partial charge on any atom is 0.453 e. The maximum atomic E-state index is 12.9. The summed E-state index contributed by atoms with van der Waals surface area (Å²) in [5.41, 5.74) is -2.45. The molecule has 0 unspecified atom stereocenters. The Morgan fingerprint density at radius 3 is 2.36 bits per heavy atom. The van der Waals surface area contributed by atoms with Crippen molar-refractivity contribution in [2.75, 3.05) is 0 Å². The van der Waals surface area contributed by atoms with Gasteiger partial charge in [-0.3, -0.25) is 9.36 Å². The summed E-state index contributed by atoms with van der Waals surface area (Å²) in [7, 11) is 0. The topological polar surface area (TPSA) is 78.0 Å². The molecule has 0 fully saturated rings. The van der Waals surface area contributed by atoms with Gasteiger partial charge in [0.05, 0.1) is 5.56 Å². The van der Waals surface area contributed by atoms with Crippen LogP contribution in [0, 0.1) is 0 Å². The summed E-state index contributed by atoms with van der Waals surface area (Å²) in [6, 6.07) is 5.18. The van der Waals surface area contributed by atoms with Gasteiger partial charge in [0.15, 0.2) is 5.52 Å². The summed E-state index contributed by atoms with van der Waals surface area (Å²) in [5, 5.41) is 10.3. The summed E-state index contributed by atoms with van der Waals surface area (Å²) < 4.78 is 78.6. The summed E-state index contributed by atoms with van der Waals surface area (Å²) in [6.45, 7) is 0. The van der Waals surface area contributed by atoms with Crippen LogP contribution >= 0.6 is 0 Å². The first-order chi connectivity index (χ1) is 13.1. The first-order valence-electron chi connectivity index (χ1n) is 7.45. The highest BCUT2D eigenvalue weighted by Crippen LogP contribution is 2.30. The predicted octanol–water partition coefficient (Wildman–Crippen LogP) is 2.86. The van der Waals surface area contributed by atoms with Crippen molar-refractivity contribution in [3.63, 3.8) is 0 Å². The minimum absolute atomic E-state index is 0.0989. The third-order valence-corrected chi connectivity index (χ3v) is 3.81. The van der Waals surface area contributed by atoms with Gasteiger partial charge in [-0.2, -0.15) is 35.8 Å². The quantitative estimate of drug-likeness (QED) is 0.459. The number of alkyl halides is 6. The van der Waals surface area contributed by atoms with Crippen LogP contribution in [0.15, 0.2) is 41.3 Å². The van der Waals surface area contributed by atoms with Crippen LogP contribution in [0.2, 0.25) is 0 Å². The van der Waals surface area contributed by atoms with Crippen LogP contribution in [-0.4, -0.2) is 29.4 Å². The normalized spacial score (nSPS) is 12.8. The zero-order chi connectivity index (χ0) is 20.3. The summed E-state index contributed by atoms with van der Waals surface area (Å²) in [5.74, 6) is -1.94. The standard InChI is InChI=1S/C15H6F6N6O/c16-14(17,18)7-2-1-3-8(6-7)26-5-4-9-10(11(26)28)23-24-13-22-12(15(19,20)21)25-27(9)13/h1-6H. The van der Waals surface area contributed by atoms with E-state index < -0.39 is 35.1 Å². The lowest BCUT2D eigenvalue weighted by atomic mass is 10.2. The second-order valence-corrected chi connectivity index (χ2v) is 5.62. The fourth-order valence-electron chi connectivity index (χ4n) is 2.56. The first kappa shape index (κ1) is 17.9. The van der Waals surface area contributed by atoms with Crippen molar-refractivity contribution in [2.45, 2.75) is 12.4 Å². The molecule has 0 saturated carbocycles. The molecule has 3 aromatic heterocycles. The van der Waals surface area contributed by atoms with Crippen molar-refractivity contribution in [1.82, 2.24) is 29.4 Å². The Morgan fingerprint density at radius 2 is 1.68 bits per heavy atom. The van der Waals surface area contributed by atoms with E-state index in [1.165, 1.54) is 12.1 Å². The molecule has 1 aromatic carbocycles. The van der Waals surface area contributed by atoms with E-state index in [4.69, 9.17) is 0 Å². The summed E-state index contributed by atoms with van der Waals surface area (Å²) in [4.78, 5) is 15.8. The van der Waals surface area contributed by atoms with Crippen molar-refractivity contribution in [3.05, 3.63) is 58.3 Å². The smallest absolute Gasteiger partial charge is 0.282 e. The lowest BCUT2D eigenvalue weighted by Crippen LogP contribution is -2.20. The van der Waals surface area contributed by atoms with Crippen LogP contribution < -0.4 is 5.56 Å². The molecule has 4 rings (SSSR count). The molecule has 0 spiro atoms. The molecule has 0 aliphatic heterocycles. The van der Waals surface area contributed by atoms with Gasteiger partial charge in [0.25, 0.3) is 17.2 Å². The van der Waals surface area contributed by atoms with E-state index in [9.17, 15) is 31.1 Å². The van der Waals surface area contributed by atoms with Gasteiger partial charge in [0.2, 0.25) is 0 Å². The van der Waals surface area contributed by atoms with E-state index in [1.54, 1.807) is 0 Å². The van der Waals surface area contributed by atoms with Crippen molar-refractivity contribution in [2.24, 2.45) is 0 Å². The largest absolute Gasteiger partial charge is 0.453 e. The molecule has 0 atom stereocenters. The lowest BCUT2D eigenvalue weighted by molar-refractivity contribution is -0.144. The van der Waals surface area contributed by atoms with Crippen molar-refractivity contribution < 1.29 is 26.3 Å². The number of aromatic nitrogens is 6. The van der Waals surface area contributed by atoms with E-state index in [0.717, 1.165) is 29.0 Å². The van der Waals surface area contributed by atoms with Gasteiger partial charge in [0, 0.05) is 11.9 Å². The van der Waals surface area contributed by atoms with Gasteiger partial charge in [-0.1, -0.05) is 6.07 Å². The predicted molar refractivity (Wildman–Crippen MR) is 81.7 cm³/mol. The Labute approximate surface area is 149 Å². The van der Waals surface area contributed by atoms with Crippen LogP contribution in [-0.2, 0) is 12.4 Å². The van der Waals surface area contributed by atoms with Gasteiger partial charge < -0.3 is 0 Å². The monoisotopic (exact) mass is 400 g/mol. The molecule has 13 heteroatoms. The Balaban J connectivity index is 1.93. The molecule has 0 N–H and O–H groups in total. The maximum absolute atomic E-state index is 12.9. The number of hydrogen-bond donors (Lipinski definition) is 0. The van der Waals surface area contributed by atoms with Crippen molar-refractivity contribution >= 4 is 16.8 Å². The number of benzene rings is 1. The number of nitrogens with zero attached hydrogens (tertiary/aromatic N) is 6. The van der Waals surface area contributed by atoms with Crippen LogP contribution in [0.3, 0.4) is 0 Å². The van der Waals surface area contributed by atoms with Gasteiger partial charge >= 0.3 is 12.4 Å². The SMILES string of the molecule is O=c1c2nnc3nc(C(F)(F)F)nn3c2ccn1-c1cccc(C(F)(F)F)c1. The molecule has 0 bridgehead atoms. The molecule has 4 aromatic rings. The number of rotatable bonds is 1. The van der Waals surface area contributed by atoms with E-state index in [2.05, 4.69) is 20.3 Å². The highest BCUT2D eigenvalue weighted by molar-refractivity contribution is 5.74. The molecule has 7 nitrogen and oxygen atoms in total. The number of halogens is 6. The minimum atomic E-state index is -4.83. The van der Waals surface area contributed by atoms with Crippen molar-refractivity contribution in [3.8, 4) is 5.69 Å². The van der Waals surface area contributed by atoms with Crippen molar-refractivity contribution in [1.29, 1.82) is 0 Å². The van der Waals surface area contributed by atoms with Crippen LogP contribution in [0.25, 0.3) is 22.5 Å². The van der Waals surface area contributed by atoms with E-state index >= 15 is 0 Å². The summed E-state index contributed by atoms with van der Waals surface area (Å²) in [6.07, 6.45) is -8.33. The molecule has 0 radical (unpaired) electrons. The highest BCUT2D eigenvalue weighted by atomic mass is 19.4. The van der Waals surface area contributed by atoms with Gasteiger partial charge in [-0.15, -0.1) is 15.3 Å². The molecular formula is C15H6F6N6O. The molecule has 144 valence electrons. The zero-order valence-electron chi connectivity index (χ0n) is 13.3. The Hall–Kier alpha value is -3.51. The highest BCUT2D eigenvalue weighted by Gasteiger charge is 2.37. The van der Waals surface area contributed by atoms with Gasteiger partial charge in [-0.25, -0.2) is 0 Å². The second-order valence-electron chi connectivity index (χ2n) is 5.62. The third-order valence-electron chi connectivity index (χ3n) is 3.81. The molecular weight excluding hydrogens is 394 g/mol. The van der Waals surface area contributed by atoms with Crippen LogP contribution in [0.5, 0.6) is 0 Å². The lowest BCUT2D eigenvalue weighted by Gasteiger charge is -2.11. The van der Waals surface area contributed by atoms with E-state index in [0.29, 0.717) is 4.52 Å². The molecule has 0 saturated heterocycles. The average molecular weight is 400 g/mol. The Morgan fingerprint density at radius 1 is 0.929 bits per heavy atom. The molecule has 0 aliphatic carbocycles. The molecule has 0 amide bonds. The summed E-state index contributed by atoms with van der Waals surface area (Å²) >= 11 is 0. The average Bonchev–Trinajstić information content (AvgIpc) is 3.06. The first-order valence-corrected chi connectivity index (χ1v) is 7.45. The number of hydrogen-bond acceptors (Lipinski definition) is 5. The zero-order valence-corrected chi connectivity index (χ0v) is 13.3. The fourth-order valence-corrected chi connectivity index (χ4v) is 2.56. The second kappa shape index (κ2) is 5.74.